The van der Waals surface area contributed by atoms with Gasteiger partial charge in [-0.3, -0.25) is 9.59 Å². The van der Waals surface area contributed by atoms with Gasteiger partial charge in [0.05, 0.1) is 5.41 Å². The molecule has 2 heterocycles. The number of aryl methyl sites for hydroxylation is 1. The van der Waals surface area contributed by atoms with E-state index in [9.17, 15) is 9.59 Å². The summed E-state index contributed by atoms with van der Waals surface area (Å²) >= 11 is 0. The van der Waals surface area contributed by atoms with Crippen LogP contribution in [0.1, 0.15) is 12.0 Å². The highest BCUT2D eigenvalue weighted by Crippen LogP contribution is 2.58. The van der Waals surface area contributed by atoms with E-state index >= 15 is 0 Å². The maximum Gasteiger partial charge on any atom is 0.245 e. The van der Waals surface area contributed by atoms with Crippen molar-refractivity contribution in [3.05, 3.63) is 42.5 Å². The Labute approximate surface area is 148 Å². The zero-order chi connectivity index (χ0) is 17.6. The molecule has 2 amide bonds. The Morgan fingerprint density at radius 2 is 1.88 bits per heavy atom. The topological polar surface area (TPSA) is 43.9 Å². The van der Waals surface area contributed by atoms with Gasteiger partial charge in [-0.25, -0.2) is 0 Å². The van der Waals surface area contributed by atoms with Crippen molar-refractivity contribution in [2.24, 2.45) is 11.3 Å². The number of carbonyl (C=O) groups excluding carboxylic acids is 2. The zero-order valence-electron chi connectivity index (χ0n) is 14.8. The molecule has 0 spiro atoms. The van der Waals surface area contributed by atoms with Crippen LogP contribution in [0.5, 0.6) is 0 Å². The van der Waals surface area contributed by atoms with Crippen molar-refractivity contribution in [2.75, 3.05) is 44.2 Å². The van der Waals surface area contributed by atoms with E-state index in [2.05, 4.69) is 42.7 Å². The number of anilines is 1. The summed E-state index contributed by atoms with van der Waals surface area (Å²) in [5, 5.41) is 0. The fourth-order valence-electron chi connectivity index (χ4n) is 4.49. The predicted molar refractivity (Wildman–Crippen MR) is 97.3 cm³/mol. The maximum absolute atomic E-state index is 13.1. The molecule has 2 saturated heterocycles. The molecule has 4 rings (SSSR count). The first-order valence-electron chi connectivity index (χ1n) is 9.06. The van der Waals surface area contributed by atoms with Gasteiger partial charge in [0.2, 0.25) is 11.8 Å². The number of fused-ring (bicyclic) bond motifs is 1. The molecule has 0 N–H and O–H groups in total. The molecule has 1 saturated carbocycles. The zero-order valence-corrected chi connectivity index (χ0v) is 14.8. The summed E-state index contributed by atoms with van der Waals surface area (Å²) in [6, 6.07) is 8.40. The summed E-state index contributed by atoms with van der Waals surface area (Å²) < 4.78 is 0. The van der Waals surface area contributed by atoms with E-state index < -0.39 is 0 Å². The van der Waals surface area contributed by atoms with Crippen molar-refractivity contribution in [1.82, 2.24) is 9.80 Å². The third kappa shape index (κ3) is 2.62. The van der Waals surface area contributed by atoms with Gasteiger partial charge in [-0.05, 0) is 37.0 Å². The van der Waals surface area contributed by atoms with Crippen molar-refractivity contribution in [3.8, 4) is 0 Å². The molecule has 1 aromatic rings. The highest BCUT2D eigenvalue weighted by molar-refractivity contribution is 5.92. The van der Waals surface area contributed by atoms with Crippen LogP contribution in [0.15, 0.2) is 36.9 Å². The summed E-state index contributed by atoms with van der Waals surface area (Å²) in [5.41, 5.74) is 2.24. The number of hydrogen-bond acceptors (Lipinski definition) is 3. The number of amides is 2. The first-order chi connectivity index (χ1) is 12.0. The second-order valence-electron chi connectivity index (χ2n) is 7.55. The van der Waals surface area contributed by atoms with Crippen molar-refractivity contribution in [1.29, 1.82) is 0 Å². The van der Waals surface area contributed by atoms with Crippen LogP contribution in [-0.2, 0) is 9.59 Å². The Bertz CT molecular complexity index is 723. The quantitative estimate of drug-likeness (QED) is 0.787. The van der Waals surface area contributed by atoms with Crippen molar-refractivity contribution < 1.29 is 9.59 Å². The largest absolute Gasteiger partial charge is 0.368 e. The highest BCUT2D eigenvalue weighted by Gasteiger charge is 2.66. The molecule has 0 bridgehead atoms. The first kappa shape index (κ1) is 16.2. The maximum atomic E-state index is 13.1. The molecule has 0 aromatic heterocycles. The van der Waals surface area contributed by atoms with E-state index in [1.807, 2.05) is 4.90 Å². The molecule has 25 heavy (non-hydrogen) atoms. The standard InChI is InChI=1S/C20H25N3O2/c1-3-18(24)23-13-16-12-20(16,14-23)19(25)22-10-8-21(9-11-22)17-7-5-4-6-15(17)2/h3-7,16H,1,8-14H2,2H3. The average Bonchev–Trinajstić information content (AvgIpc) is 3.22. The van der Waals surface area contributed by atoms with E-state index in [0.717, 1.165) is 32.6 Å². The molecule has 2 unspecified atom stereocenters. The Morgan fingerprint density at radius 3 is 2.56 bits per heavy atom. The van der Waals surface area contributed by atoms with Gasteiger partial charge in [0.15, 0.2) is 0 Å². The van der Waals surface area contributed by atoms with Crippen LogP contribution in [-0.4, -0.2) is 60.9 Å². The second-order valence-corrected chi connectivity index (χ2v) is 7.55. The van der Waals surface area contributed by atoms with E-state index in [1.54, 1.807) is 4.90 Å². The monoisotopic (exact) mass is 339 g/mol. The summed E-state index contributed by atoms with van der Waals surface area (Å²) in [5.74, 6) is 0.545. The Balaban J connectivity index is 1.39. The van der Waals surface area contributed by atoms with E-state index in [0.29, 0.717) is 19.0 Å². The fourth-order valence-corrected chi connectivity index (χ4v) is 4.49. The fraction of sp³-hybridized carbons (Fsp3) is 0.500. The van der Waals surface area contributed by atoms with Crippen molar-refractivity contribution >= 4 is 17.5 Å². The lowest BCUT2D eigenvalue weighted by molar-refractivity contribution is -0.138. The van der Waals surface area contributed by atoms with Crippen LogP contribution in [0.25, 0.3) is 0 Å². The van der Waals surface area contributed by atoms with Crippen molar-refractivity contribution in [3.63, 3.8) is 0 Å². The summed E-state index contributed by atoms with van der Waals surface area (Å²) in [6.07, 6.45) is 2.29. The number of para-hydroxylation sites is 1. The Hall–Kier alpha value is -2.30. The van der Waals surface area contributed by atoms with Gasteiger partial charge >= 0.3 is 0 Å². The number of rotatable bonds is 3. The molecule has 5 heteroatoms. The van der Waals surface area contributed by atoms with Gasteiger partial charge in [0, 0.05) is 45.0 Å². The van der Waals surface area contributed by atoms with Crippen LogP contribution >= 0.6 is 0 Å². The molecule has 1 aliphatic carbocycles. The van der Waals surface area contributed by atoms with Gasteiger partial charge < -0.3 is 14.7 Å². The van der Waals surface area contributed by atoms with Crippen LogP contribution < -0.4 is 4.90 Å². The Kier molecular flexibility index (Phi) is 3.82. The number of carbonyl (C=O) groups is 2. The number of benzene rings is 1. The first-order valence-corrected chi connectivity index (χ1v) is 9.06. The summed E-state index contributed by atoms with van der Waals surface area (Å²) in [7, 11) is 0. The van der Waals surface area contributed by atoms with E-state index in [-0.39, 0.29) is 17.2 Å². The average molecular weight is 339 g/mol. The number of piperazine rings is 1. The summed E-state index contributed by atoms with van der Waals surface area (Å²) in [6.45, 7) is 10.2. The summed E-state index contributed by atoms with van der Waals surface area (Å²) in [4.78, 5) is 31.1. The highest BCUT2D eigenvalue weighted by atomic mass is 16.2. The number of likely N-dealkylation sites (tertiary alicyclic amines) is 1. The lowest BCUT2D eigenvalue weighted by Gasteiger charge is -2.38. The minimum atomic E-state index is -0.302. The SMILES string of the molecule is C=CC(=O)N1CC2CC2(C(=O)N2CCN(c3ccccc3C)CC2)C1. The molecular formula is C20H25N3O2. The van der Waals surface area contributed by atoms with Gasteiger partial charge in [-0.15, -0.1) is 0 Å². The molecule has 132 valence electrons. The van der Waals surface area contributed by atoms with Crippen LogP contribution in [0, 0.1) is 18.3 Å². The van der Waals surface area contributed by atoms with Crippen molar-refractivity contribution in [2.45, 2.75) is 13.3 Å². The van der Waals surface area contributed by atoms with E-state index in [4.69, 9.17) is 0 Å². The molecule has 3 aliphatic rings. The minimum absolute atomic E-state index is 0.0521. The van der Waals surface area contributed by atoms with Crippen LogP contribution in [0.2, 0.25) is 0 Å². The molecule has 0 radical (unpaired) electrons. The smallest absolute Gasteiger partial charge is 0.245 e. The lowest BCUT2D eigenvalue weighted by atomic mass is 10.0. The molecule has 1 aromatic carbocycles. The number of piperidine rings is 1. The van der Waals surface area contributed by atoms with E-state index in [1.165, 1.54) is 17.3 Å². The minimum Gasteiger partial charge on any atom is -0.368 e. The van der Waals surface area contributed by atoms with Gasteiger partial charge in [-0.1, -0.05) is 24.8 Å². The molecule has 2 atom stereocenters. The second kappa shape index (κ2) is 5.90. The normalized spacial score (nSPS) is 27.9. The molecular weight excluding hydrogens is 314 g/mol. The van der Waals surface area contributed by atoms with Crippen LogP contribution in [0.3, 0.4) is 0 Å². The molecule has 2 aliphatic heterocycles. The van der Waals surface area contributed by atoms with Gasteiger partial charge in [0.1, 0.15) is 0 Å². The Morgan fingerprint density at radius 1 is 1.16 bits per heavy atom. The predicted octanol–water partition coefficient (Wildman–Crippen LogP) is 1.68. The van der Waals surface area contributed by atoms with Gasteiger partial charge in [0.25, 0.3) is 0 Å². The molecule has 3 fully saturated rings. The lowest BCUT2D eigenvalue weighted by Crippen LogP contribution is -2.52. The van der Waals surface area contributed by atoms with Gasteiger partial charge in [-0.2, -0.15) is 0 Å². The number of nitrogens with zero attached hydrogens (tertiary/aromatic N) is 3. The number of hydrogen-bond donors (Lipinski definition) is 0. The third-order valence-electron chi connectivity index (χ3n) is 6.08. The van der Waals surface area contributed by atoms with Crippen LogP contribution in [0.4, 0.5) is 5.69 Å². The third-order valence-corrected chi connectivity index (χ3v) is 6.08. The molecule has 5 nitrogen and oxygen atoms in total.